The molecule has 1 saturated heterocycles. The maximum Gasteiger partial charge on any atom is 0.180 e. The minimum absolute atomic E-state index is 0. The van der Waals surface area contributed by atoms with Crippen molar-refractivity contribution >= 4 is 40.5 Å². The second-order valence-corrected chi connectivity index (χ2v) is 6.40. The Bertz CT molecular complexity index is 593. The van der Waals surface area contributed by atoms with E-state index in [4.69, 9.17) is 22.1 Å². The van der Waals surface area contributed by atoms with Gasteiger partial charge in [-0.3, -0.25) is 4.90 Å². The number of nitrogen functional groups attached to an aromatic ring is 1. The molecule has 0 spiro atoms. The lowest BCUT2D eigenvalue weighted by Gasteiger charge is -2.32. The Balaban J connectivity index is 0.00000161. The van der Waals surface area contributed by atoms with Crippen LogP contribution in [0.3, 0.4) is 0 Å². The number of morpholine rings is 1. The first kappa shape index (κ1) is 16.5. The summed E-state index contributed by atoms with van der Waals surface area (Å²) in [5.74, 6) is 0. The van der Waals surface area contributed by atoms with Crippen LogP contribution in [-0.4, -0.2) is 29.6 Å². The summed E-state index contributed by atoms with van der Waals surface area (Å²) in [7, 11) is 0. The van der Waals surface area contributed by atoms with E-state index in [1.54, 1.807) is 11.3 Å². The van der Waals surface area contributed by atoms with Crippen molar-refractivity contribution in [3.8, 4) is 0 Å². The maximum absolute atomic E-state index is 6.04. The van der Waals surface area contributed by atoms with E-state index in [9.17, 15) is 0 Å². The molecular weight excluding hydrogens is 329 g/mol. The zero-order valence-electron chi connectivity index (χ0n) is 11.4. The molecule has 1 aromatic heterocycles. The van der Waals surface area contributed by atoms with Crippen molar-refractivity contribution in [3.05, 3.63) is 45.9 Å². The molecule has 7 heteroatoms. The number of nitrogens with zero attached hydrogens (tertiary/aromatic N) is 2. The fourth-order valence-corrected chi connectivity index (χ4v) is 3.30. The Morgan fingerprint density at radius 2 is 2.33 bits per heavy atom. The Kier molecular flexibility index (Phi) is 5.84. The SMILES string of the molecule is Cl.Nc1ncc(CN2CCOC(c3cccc(Cl)c3)C2)s1. The molecule has 2 heterocycles. The lowest BCUT2D eigenvalue weighted by molar-refractivity contribution is -0.0326. The molecular formula is C14H17Cl2N3OS. The van der Waals surface area contributed by atoms with Crippen LogP contribution in [0.2, 0.25) is 5.02 Å². The van der Waals surface area contributed by atoms with E-state index in [1.165, 1.54) is 4.88 Å². The first-order valence-corrected chi connectivity index (χ1v) is 7.70. The molecule has 4 nitrogen and oxygen atoms in total. The van der Waals surface area contributed by atoms with Crippen LogP contribution in [0.4, 0.5) is 5.13 Å². The highest BCUT2D eigenvalue weighted by Gasteiger charge is 2.22. The molecule has 0 aliphatic carbocycles. The summed E-state index contributed by atoms with van der Waals surface area (Å²) in [6, 6.07) is 7.88. The fourth-order valence-electron chi connectivity index (χ4n) is 2.37. The van der Waals surface area contributed by atoms with Crippen LogP contribution in [-0.2, 0) is 11.3 Å². The predicted octanol–water partition coefficient (Wildman–Crippen LogP) is 3.37. The van der Waals surface area contributed by atoms with Gasteiger partial charge in [0.05, 0.1) is 12.7 Å². The number of ether oxygens (including phenoxy) is 1. The van der Waals surface area contributed by atoms with Crippen LogP contribution >= 0.6 is 35.3 Å². The normalized spacial score (nSPS) is 19.2. The van der Waals surface area contributed by atoms with Crippen LogP contribution in [0.15, 0.2) is 30.5 Å². The largest absolute Gasteiger partial charge is 0.375 e. The first-order chi connectivity index (χ1) is 9.70. The summed E-state index contributed by atoms with van der Waals surface area (Å²) in [6.45, 7) is 3.38. The number of rotatable bonds is 3. The lowest BCUT2D eigenvalue weighted by atomic mass is 10.1. The molecule has 1 fully saturated rings. The molecule has 1 atom stereocenters. The molecule has 1 aromatic carbocycles. The number of thiazole rings is 1. The van der Waals surface area contributed by atoms with Gasteiger partial charge in [0.15, 0.2) is 5.13 Å². The third kappa shape index (κ3) is 4.31. The molecule has 1 unspecified atom stereocenters. The Hall–Kier alpha value is -0.850. The van der Waals surface area contributed by atoms with Gasteiger partial charge in [-0.05, 0) is 17.7 Å². The van der Waals surface area contributed by atoms with E-state index < -0.39 is 0 Å². The summed E-state index contributed by atoms with van der Waals surface area (Å²) in [5.41, 5.74) is 6.80. The fraction of sp³-hybridized carbons (Fsp3) is 0.357. The maximum atomic E-state index is 6.04. The van der Waals surface area contributed by atoms with Crippen molar-refractivity contribution in [2.24, 2.45) is 0 Å². The number of anilines is 1. The van der Waals surface area contributed by atoms with Crippen molar-refractivity contribution in [1.29, 1.82) is 0 Å². The van der Waals surface area contributed by atoms with Crippen molar-refractivity contribution in [1.82, 2.24) is 9.88 Å². The zero-order valence-corrected chi connectivity index (χ0v) is 13.8. The second kappa shape index (κ2) is 7.42. The van der Waals surface area contributed by atoms with Gasteiger partial charge in [0.2, 0.25) is 0 Å². The summed E-state index contributed by atoms with van der Waals surface area (Å²) in [6.07, 6.45) is 1.93. The van der Waals surface area contributed by atoms with Crippen molar-refractivity contribution in [2.75, 3.05) is 25.4 Å². The van der Waals surface area contributed by atoms with Crippen molar-refractivity contribution in [2.45, 2.75) is 12.6 Å². The lowest BCUT2D eigenvalue weighted by Crippen LogP contribution is -2.37. The molecule has 114 valence electrons. The second-order valence-electron chi connectivity index (χ2n) is 4.81. The van der Waals surface area contributed by atoms with Gasteiger partial charge in [0.1, 0.15) is 0 Å². The summed E-state index contributed by atoms with van der Waals surface area (Å²) >= 11 is 7.59. The summed E-state index contributed by atoms with van der Waals surface area (Å²) < 4.78 is 5.85. The molecule has 3 rings (SSSR count). The average molecular weight is 346 g/mol. The third-order valence-corrected chi connectivity index (χ3v) is 4.37. The van der Waals surface area contributed by atoms with E-state index in [0.717, 1.165) is 36.8 Å². The standard InChI is InChI=1S/C14H16ClN3OS.ClH/c15-11-3-1-2-10(6-11)13-9-18(4-5-19-13)8-12-7-17-14(16)20-12;/h1-3,6-7,13H,4-5,8-9H2,(H2,16,17);1H. The van der Waals surface area contributed by atoms with Crippen molar-refractivity contribution < 1.29 is 4.74 Å². The van der Waals surface area contributed by atoms with Gasteiger partial charge in [-0.2, -0.15) is 0 Å². The highest BCUT2D eigenvalue weighted by atomic mass is 35.5. The van der Waals surface area contributed by atoms with E-state index >= 15 is 0 Å². The smallest absolute Gasteiger partial charge is 0.180 e. The van der Waals surface area contributed by atoms with Gasteiger partial charge in [-0.25, -0.2) is 4.98 Å². The van der Waals surface area contributed by atoms with Gasteiger partial charge in [0.25, 0.3) is 0 Å². The van der Waals surface area contributed by atoms with Gasteiger partial charge in [-0.1, -0.05) is 23.7 Å². The van der Waals surface area contributed by atoms with Crippen molar-refractivity contribution in [3.63, 3.8) is 0 Å². The molecule has 0 bridgehead atoms. The van der Waals surface area contributed by atoms with Gasteiger partial charge in [-0.15, -0.1) is 23.7 Å². The van der Waals surface area contributed by atoms with Gasteiger partial charge >= 0.3 is 0 Å². The molecule has 0 radical (unpaired) electrons. The van der Waals surface area contributed by atoms with Crippen LogP contribution in [0, 0.1) is 0 Å². The van der Waals surface area contributed by atoms with Crippen LogP contribution in [0.1, 0.15) is 16.5 Å². The van der Waals surface area contributed by atoms with Crippen LogP contribution in [0.25, 0.3) is 0 Å². The number of nitrogens with two attached hydrogens (primary N) is 1. The number of halogens is 2. The summed E-state index contributed by atoms with van der Waals surface area (Å²) in [5, 5.41) is 1.37. The number of aromatic nitrogens is 1. The average Bonchev–Trinajstić information content (AvgIpc) is 2.84. The Morgan fingerprint density at radius 3 is 3.05 bits per heavy atom. The topological polar surface area (TPSA) is 51.4 Å². The van der Waals surface area contributed by atoms with E-state index in [2.05, 4.69) is 16.0 Å². The molecule has 2 aromatic rings. The van der Waals surface area contributed by atoms with Crippen LogP contribution in [0.5, 0.6) is 0 Å². The first-order valence-electron chi connectivity index (χ1n) is 6.50. The quantitative estimate of drug-likeness (QED) is 0.926. The number of hydrogen-bond donors (Lipinski definition) is 1. The number of hydrogen-bond acceptors (Lipinski definition) is 5. The predicted molar refractivity (Wildman–Crippen MR) is 89.2 cm³/mol. The minimum Gasteiger partial charge on any atom is -0.375 e. The minimum atomic E-state index is 0. The molecule has 2 N–H and O–H groups in total. The third-order valence-electron chi connectivity index (χ3n) is 3.32. The molecule has 21 heavy (non-hydrogen) atoms. The Morgan fingerprint density at radius 1 is 1.48 bits per heavy atom. The van der Waals surface area contributed by atoms with E-state index in [1.807, 2.05) is 24.4 Å². The van der Waals surface area contributed by atoms with Crippen LogP contribution < -0.4 is 5.73 Å². The molecule has 1 aliphatic rings. The van der Waals surface area contributed by atoms with Gasteiger partial charge < -0.3 is 10.5 Å². The number of benzene rings is 1. The highest BCUT2D eigenvalue weighted by Crippen LogP contribution is 2.26. The highest BCUT2D eigenvalue weighted by molar-refractivity contribution is 7.15. The molecule has 0 amide bonds. The van der Waals surface area contributed by atoms with Gasteiger partial charge in [0, 0.05) is 35.7 Å². The monoisotopic (exact) mass is 345 g/mol. The Labute approximate surface area is 139 Å². The van der Waals surface area contributed by atoms with E-state index in [0.29, 0.717) is 5.13 Å². The summed E-state index contributed by atoms with van der Waals surface area (Å²) in [4.78, 5) is 7.64. The van der Waals surface area contributed by atoms with E-state index in [-0.39, 0.29) is 18.5 Å². The zero-order chi connectivity index (χ0) is 13.9. The molecule has 0 saturated carbocycles. The molecule has 1 aliphatic heterocycles.